The number of thiophene rings is 1. The molecule has 2 aliphatic rings. The highest BCUT2D eigenvalue weighted by molar-refractivity contribution is 7.14. The van der Waals surface area contributed by atoms with Crippen LogP contribution in [0, 0.1) is 0 Å². The van der Waals surface area contributed by atoms with Gasteiger partial charge in [-0.3, -0.25) is 0 Å². The minimum atomic E-state index is -1.78. The third-order valence-electron chi connectivity index (χ3n) is 9.60. The second-order valence-electron chi connectivity index (χ2n) is 12.8. The van der Waals surface area contributed by atoms with Crippen LogP contribution in [0.1, 0.15) is 26.3 Å². The molecule has 0 bridgehead atoms. The van der Waals surface area contributed by atoms with Crippen LogP contribution in [0.15, 0.2) is 59.3 Å². The molecule has 0 amide bonds. The zero-order valence-electron chi connectivity index (χ0n) is 26.7. The van der Waals surface area contributed by atoms with Crippen molar-refractivity contribution in [2.75, 3.05) is 24.7 Å². The van der Waals surface area contributed by atoms with Crippen molar-refractivity contribution >= 4 is 45.0 Å². The summed E-state index contributed by atoms with van der Waals surface area (Å²) in [5.41, 5.74) is 11.3. The fraction of sp³-hybridized carbons (Fsp3) is 0.375. The normalized spacial score (nSPS) is 29.8. The Hall–Kier alpha value is -4.66. The molecule has 0 aliphatic carbocycles. The number of rotatable bonds is 8. The highest BCUT2D eigenvalue weighted by Gasteiger charge is 2.57. The molecule has 8 atom stereocenters. The molecule has 2 aliphatic heterocycles. The van der Waals surface area contributed by atoms with Crippen LogP contribution in [0.25, 0.3) is 43.8 Å². The summed E-state index contributed by atoms with van der Waals surface area (Å²) in [6.07, 6.45) is 0.764. The summed E-state index contributed by atoms with van der Waals surface area (Å²) >= 11 is 1.31. The SMILES string of the molecule is CC1(O)C(O)[C@@H](CO)O[C@H]1n1cc(-c2cc(OC3(C)C(O)[C@@H](CO)O[C@H]3n3cc(-c4ccco4)c4c(N)ncnc43)cs2)c2c(N)ncnc21. The molecule has 4 unspecified atom stereocenters. The van der Waals surface area contributed by atoms with Crippen LogP contribution < -0.4 is 16.2 Å². The van der Waals surface area contributed by atoms with Gasteiger partial charge in [0.25, 0.3) is 0 Å². The molecule has 8 heterocycles. The molecule has 9 N–H and O–H groups in total. The predicted octanol–water partition coefficient (Wildman–Crippen LogP) is 1.42. The maximum Gasteiger partial charge on any atom is 0.179 e. The number of aliphatic hydroxyl groups is 5. The number of nitrogens with two attached hydrogens (primary N) is 2. The van der Waals surface area contributed by atoms with Crippen LogP contribution in [0.2, 0.25) is 0 Å². The Morgan fingerprint density at radius 2 is 1.48 bits per heavy atom. The van der Waals surface area contributed by atoms with Crippen molar-refractivity contribution in [3.63, 3.8) is 0 Å². The fourth-order valence-corrected chi connectivity index (χ4v) is 7.85. The third-order valence-corrected chi connectivity index (χ3v) is 10.5. The van der Waals surface area contributed by atoms with E-state index in [9.17, 15) is 25.5 Å². The molecule has 17 nitrogen and oxygen atoms in total. The van der Waals surface area contributed by atoms with Crippen molar-refractivity contribution in [3.05, 3.63) is 54.9 Å². The Balaban J connectivity index is 1.19. The van der Waals surface area contributed by atoms with Crippen molar-refractivity contribution in [1.82, 2.24) is 29.1 Å². The largest absolute Gasteiger partial charge is 0.479 e. The molecule has 2 saturated heterocycles. The second kappa shape index (κ2) is 11.7. The molecule has 6 aromatic heterocycles. The van der Waals surface area contributed by atoms with Crippen molar-refractivity contribution in [1.29, 1.82) is 0 Å². The number of furan rings is 1. The summed E-state index contributed by atoms with van der Waals surface area (Å²) < 4.78 is 27.6. The first-order chi connectivity index (χ1) is 24.0. The highest BCUT2D eigenvalue weighted by atomic mass is 32.1. The summed E-state index contributed by atoms with van der Waals surface area (Å²) in [5.74, 6) is 1.27. The number of fused-ring (bicyclic) bond motifs is 2. The number of ether oxygens (including phenoxy) is 3. The van der Waals surface area contributed by atoms with Gasteiger partial charge in [0.1, 0.15) is 77.1 Å². The van der Waals surface area contributed by atoms with Gasteiger partial charge in [-0.2, -0.15) is 0 Å². The number of hydrogen-bond acceptors (Lipinski definition) is 16. The molecule has 18 heteroatoms. The lowest BCUT2D eigenvalue weighted by molar-refractivity contribution is -0.0948. The maximum absolute atomic E-state index is 11.5. The lowest BCUT2D eigenvalue weighted by atomic mass is 9.96. The van der Waals surface area contributed by atoms with Crippen LogP contribution >= 0.6 is 11.3 Å². The third kappa shape index (κ3) is 4.72. The molecule has 0 saturated carbocycles. The summed E-state index contributed by atoms with van der Waals surface area (Å²) in [6, 6.07) is 5.27. The molecule has 8 rings (SSSR count). The van der Waals surface area contributed by atoms with Crippen LogP contribution in [-0.2, 0) is 9.47 Å². The average molecular weight is 707 g/mol. The predicted molar refractivity (Wildman–Crippen MR) is 179 cm³/mol. The summed E-state index contributed by atoms with van der Waals surface area (Å²) in [5, 5.41) is 56.1. The second-order valence-corrected chi connectivity index (χ2v) is 13.7. The summed E-state index contributed by atoms with van der Waals surface area (Å²) in [4.78, 5) is 17.9. The monoisotopic (exact) mass is 706 g/mol. The summed E-state index contributed by atoms with van der Waals surface area (Å²) in [6.45, 7) is 2.12. The van der Waals surface area contributed by atoms with E-state index in [4.69, 9.17) is 30.1 Å². The van der Waals surface area contributed by atoms with E-state index in [0.717, 1.165) is 0 Å². The van der Waals surface area contributed by atoms with Gasteiger partial charge in [0, 0.05) is 33.8 Å². The Morgan fingerprint density at radius 1 is 0.880 bits per heavy atom. The van der Waals surface area contributed by atoms with Gasteiger partial charge in [0.15, 0.2) is 18.1 Å². The van der Waals surface area contributed by atoms with E-state index in [1.54, 1.807) is 52.0 Å². The van der Waals surface area contributed by atoms with Crippen molar-refractivity contribution in [2.45, 2.75) is 61.9 Å². The zero-order chi connectivity index (χ0) is 35.1. The molecular formula is C32H34N8O9S. The molecule has 50 heavy (non-hydrogen) atoms. The molecule has 0 radical (unpaired) electrons. The van der Waals surface area contributed by atoms with E-state index in [-0.39, 0.29) is 11.6 Å². The molecule has 0 spiro atoms. The van der Waals surface area contributed by atoms with Gasteiger partial charge in [0.2, 0.25) is 0 Å². The standard InChI is InChI=1S/C32H34N8O9S/c1-31(45)23(43)18(9-41)47-29(31)39-8-16(22-26(34)36-13-38-28(22)39)20-6-14(11-50-20)49-32(2)24(44)19(10-42)48-30(32)40-7-15(17-4-3-5-46-17)21-25(33)35-12-37-27(21)40/h3-8,11-13,18-19,23-24,29-30,41-45H,9-10H2,1-2H3,(H2,33,35,37)(H2,34,36,38)/t18-,19-,23?,24?,29-,30-,31?,32?/m1/s1. The van der Waals surface area contributed by atoms with E-state index < -0.39 is 61.3 Å². The van der Waals surface area contributed by atoms with Crippen LogP contribution in [0.3, 0.4) is 0 Å². The number of nitrogen functional groups attached to an aromatic ring is 2. The molecule has 6 aromatic rings. The lowest BCUT2D eigenvalue weighted by Gasteiger charge is -2.33. The first-order valence-corrected chi connectivity index (χ1v) is 16.5. The Morgan fingerprint density at radius 3 is 2.10 bits per heavy atom. The zero-order valence-corrected chi connectivity index (χ0v) is 27.5. The lowest BCUT2D eigenvalue weighted by Crippen LogP contribution is -2.49. The minimum Gasteiger partial charge on any atom is -0.479 e. The van der Waals surface area contributed by atoms with Gasteiger partial charge in [-0.25, -0.2) is 19.9 Å². The van der Waals surface area contributed by atoms with Crippen LogP contribution in [-0.4, -0.2) is 103 Å². The van der Waals surface area contributed by atoms with Crippen molar-refractivity contribution in [3.8, 4) is 27.5 Å². The topological polar surface area (TPSA) is 255 Å². The molecule has 0 aromatic carbocycles. The maximum atomic E-state index is 11.5. The smallest absolute Gasteiger partial charge is 0.179 e. The number of hydrogen-bond donors (Lipinski definition) is 7. The van der Waals surface area contributed by atoms with Gasteiger partial charge in [-0.1, -0.05) is 0 Å². The van der Waals surface area contributed by atoms with Crippen LogP contribution in [0.5, 0.6) is 5.75 Å². The first-order valence-electron chi connectivity index (χ1n) is 15.6. The molecular weight excluding hydrogens is 672 g/mol. The van der Waals surface area contributed by atoms with Crippen molar-refractivity contribution in [2.24, 2.45) is 0 Å². The van der Waals surface area contributed by atoms with E-state index in [1.165, 1.54) is 37.2 Å². The highest BCUT2D eigenvalue weighted by Crippen LogP contribution is 2.48. The average Bonchev–Trinajstić information content (AvgIpc) is 3.94. The quantitative estimate of drug-likeness (QED) is 0.118. The molecule has 2 fully saturated rings. The molecule has 262 valence electrons. The van der Waals surface area contributed by atoms with Gasteiger partial charge in [-0.15, -0.1) is 11.3 Å². The van der Waals surface area contributed by atoms with Crippen LogP contribution in [0.4, 0.5) is 11.6 Å². The van der Waals surface area contributed by atoms with Crippen molar-refractivity contribution < 1.29 is 44.2 Å². The Bertz CT molecular complexity index is 2200. The first kappa shape index (κ1) is 32.5. The van der Waals surface area contributed by atoms with Gasteiger partial charge in [0.05, 0.1) is 30.2 Å². The number of anilines is 2. The van der Waals surface area contributed by atoms with E-state index >= 15 is 0 Å². The van der Waals surface area contributed by atoms with Gasteiger partial charge in [-0.05, 0) is 32.0 Å². The van der Waals surface area contributed by atoms with Gasteiger partial charge < -0.3 is 64.8 Å². The van der Waals surface area contributed by atoms with E-state index in [1.807, 2.05) is 0 Å². The number of aromatic nitrogens is 6. The van der Waals surface area contributed by atoms with Gasteiger partial charge >= 0.3 is 0 Å². The summed E-state index contributed by atoms with van der Waals surface area (Å²) in [7, 11) is 0. The number of nitrogens with zero attached hydrogens (tertiary/aromatic N) is 6. The Kier molecular flexibility index (Phi) is 7.62. The van der Waals surface area contributed by atoms with E-state index in [0.29, 0.717) is 49.6 Å². The minimum absolute atomic E-state index is 0.169. The Labute approximate surface area is 286 Å². The van der Waals surface area contributed by atoms with E-state index in [2.05, 4.69) is 19.9 Å². The number of aliphatic hydroxyl groups excluding tert-OH is 4. The fourth-order valence-electron chi connectivity index (χ4n) is 7.02.